The highest BCUT2D eigenvalue weighted by Crippen LogP contribution is 2.14. The Balaban J connectivity index is 0.00000151. The van der Waals surface area contributed by atoms with E-state index in [4.69, 9.17) is 10.9 Å². The molecule has 0 bridgehead atoms. The maximum Gasteiger partial charge on any atom is 0.169 e. The molecule has 2 aromatic rings. The first kappa shape index (κ1) is 19.6. The molecule has 0 atom stereocenters. The van der Waals surface area contributed by atoms with Crippen LogP contribution in [-0.4, -0.2) is 27.0 Å². The van der Waals surface area contributed by atoms with Crippen molar-refractivity contribution in [2.45, 2.75) is 13.8 Å². The Morgan fingerprint density at radius 2 is 2.16 bits per heavy atom. The first-order valence-corrected chi connectivity index (χ1v) is 7.68. The summed E-state index contributed by atoms with van der Waals surface area (Å²) in [6.45, 7) is 4.38. The predicted molar refractivity (Wildman–Crippen MR) is 103 cm³/mol. The number of pyridine rings is 1. The van der Waals surface area contributed by atoms with Crippen LogP contribution in [0.15, 0.2) is 65.6 Å². The molecule has 0 aliphatic rings. The van der Waals surface area contributed by atoms with Crippen LogP contribution >= 0.6 is 0 Å². The maximum atomic E-state index is 8.80. The fourth-order valence-corrected chi connectivity index (χ4v) is 2.24. The van der Waals surface area contributed by atoms with Crippen LogP contribution in [0.25, 0.3) is 11.3 Å². The third kappa shape index (κ3) is 5.01. The molecule has 25 heavy (non-hydrogen) atoms. The number of hydrogen-bond donors (Lipinski definition) is 3. The normalized spacial score (nSPS) is 12.9. The van der Waals surface area contributed by atoms with Gasteiger partial charge in [0.25, 0.3) is 0 Å². The van der Waals surface area contributed by atoms with E-state index in [0.717, 1.165) is 17.0 Å². The molecule has 0 spiro atoms. The molecule has 0 aromatic carbocycles. The number of hydrogen-bond acceptors (Lipinski definition) is 4. The Hall–Kier alpha value is -3.46. The predicted octanol–water partition coefficient (Wildman–Crippen LogP) is 2.78. The number of fused-ring (bicyclic) bond motifs is 1. The third-order valence-corrected chi connectivity index (χ3v) is 3.35. The third-order valence-electron chi connectivity index (χ3n) is 3.35. The number of imidazole rings is 1. The van der Waals surface area contributed by atoms with E-state index in [1.165, 1.54) is 0 Å². The van der Waals surface area contributed by atoms with Gasteiger partial charge >= 0.3 is 0 Å². The first-order chi connectivity index (χ1) is 12.2. The van der Waals surface area contributed by atoms with Crippen molar-refractivity contribution >= 4 is 17.2 Å². The summed E-state index contributed by atoms with van der Waals surface area (Å²) in [4.78, 5) is 4.39. The van der Waals surface area contributed by atoms with Crippen LogP contribution in [0, 0.1) is 12.8 Å². The van der Waals surface area contributed by atoms with Gasteiger partial charge in [0.1, 0.15) is 5.65 Å². The molecule has 0 aliphatic carbocycles. The van der Waals surface area contributed by atoms with Gasteiger partial charge in [-0.15, -0.1) is 12.8 Å². The molecule has 6 nitrogen and oxygen atoms in total. The Labute approximate surface area is 148 Å². The van der Waals surface area contributed by atoms with Crippen LogP contribution < -0.4 is 11.1 Å². The van der Waals surface area contributed by atoms with Crippen molar-refractivity contribution in [2.75, 3.05) is 6.54 Å². The molecule has 2 aromatic heterocycles. The van der Waals surface area contributed by atoms with Crippen LogP contribution in [0.1, 0.15) is 19.5 Å². The van der Waals surface area contributed by atoms with Crippen molar-refractivity contribution in [1.29, 1.82) is 0 Å². The van der Waals surface area contributed by atoms with Crippen LogP contribution in [0.3, 0.4) is 0 Å². The first-order valence-electron chi connectivity index (χ1n) is 7.68. The van der Waals surface area contributed by atoms with Gasteiger partial charge in [0.15, 0.2) is 5.84 Å². The number of amidine groups is 1. The monoisotopic (exact) mass is 337 g/mol. The number of terminal acetylenes is 1. The minimum absolute atomic E-state index is 0.0849. The van der Waals surface area contributed by atoms with E-state index >= 15 is 0 Å². The molecule has 0 unspecified atom stereocenters. The Kier molecular flexibility index (Phi) is 8.10. The van der Waals surface area contributed by atoms with E-state index in [2.05, 4.69) is 28.3 Å². The average molecular weight is 337 g/mol. The number of nitrogens with one attached hydrogen (secondary N) is 1. The smallest absolute Gasteiger partial charge is 0.169 e. The zero-order valence-corrected chi connectivity index (χ0v) is 14.4. The topological polar surface area (TPSA) is 87.9 Å². The summed E-state index contributed by atoms with van der Waals surface area (Å²) in [6, 6.07) is 5.88. The Bertz CT molecular complexity index is 824. The van der Waals surface area contributed by atoms with Crippen molar-refractivity contribution < 1.29 is 5.21 Å². The lowest BCUT2D eigenvalue weighted by Gasteiger charge is -2.09. The fourth-order valence-electron chi connectivity index (χ4n) is 2.24. The molecule has 0 fully saturated rings. The Morgan fingerprint density at radius 1 is 1.40 bits per heavy atom. The summed E-state index contributed by atoms with van der Waals surface area (Å²) < 4.78 is 2.02. The van der Waals surface area contributed by atoms with Crippen molar-refractivity contribution in [3.63, 3.8) is 0 Å². The van der Waals surface area contributed by atoms with E-state index in [-0.39, 0.29) is 5.84 Å². The van der Waals surface area contributed by atoms with E-state index in [9.17, 15) is 0 Å². The van der Waals surface area contributed by atoms with E-state index in [1.54, 1.807) is 6.08 Å². The highest BCUT2D eigenvalue weighted by Gasteiger charge is 2.07. The summed E-state index contributed by atoms with van der Waals surface area (Å²) in [5.74, 6) is 0.0849. The van der Waals surface area contributed by atoms with Gasteiger partial charge in [-0.2, -0.15) is 0 Å². The van der Waals surface area contributed by atoms with Crippen LogP contribution in [0.2, 0.25) is 0 Å². The van der Waals surface area contributed by atoms with Gasteiger partial charge < -0.3 is 16.3 Å². The largest absolute Gasteiger partial charge is 0.409 e. The molecule has 0 radical (unpaired) electrons. The SMILES string of the molecule is C#C.C\C=C/C(=C\CN/C(=C/C)c1cnc2ccccn12)C(/N)=N/O. The molecule has 2 rings (SSSR count). The average Bonchev–Trinajstić information content (AvgIpc) is 3.09. The van der Waals surface area contributed by atoms with Gasteiger partial charge in [0.2, 0.25) is 0 Å². The fraction of sp³-hybridized carbons (Fsp3) is 0.158. The lowest BCUT2D eigenvalue weighted by atomic mass is 10.2. The number of allylic oxidation sites excluding steroid dienone is 2. The standard InChI is InChI=1S/C17H21N5O.C2H2/c1-3-7-13(17(18)21-23)9-10-19-14(4-2)15-12-20-16-8-5-6-11-22(15)16;1-2/h3-9,11-12,19,23H,10H2,1-2H3,(H2,18,21);1-2H/b7-3-,13-9+,14-4+;. The van der Waals surface area contributed by atoms with Gasteiger partial charge in [-0.3, -0.25) is 4.40 Å². The van der Waals surface area contributed by atoms with Crippen molar-refractivity contribution in [1.82, 2.24) is 14.7 Å². The number of rotatable bonds is 6. The molecule has 0 saturated carbocycles. The van der Waals surface area contributed by atoms with Gasteiger partial charge in [0, 0.05) is 18.3 Å². The van der Waals surface area contributed by atoms with E-state index in [0.29, 0.717) is 12.1 Å². The summed E-state index contributed by atoms with van der Waals surface area (Å²) in [6.07, 6.45) is 19.3. The van der Waals surface area contributed by atoms with Crippen molar-refractivity contribution in [3.8, 4) is 12.8 Å². The number of nitrogens with zero attached hydrogens (tertiary/aromatic N) is 3. The summed E-state index contributed by atoms with van der Waals surface area (Å²) >= 11 is 0. The molecular weight excluding hydrogens is 314 g/mol. The minimum atomic E-state index is 0.0849. The zero-order valence-electron chi connectivity index (χ0n) is 14.4. The lowest BCUT2D eigenvalue weighted by molar-refractivity contribution is 0.318. The van der Waals surface area contributed by atoms with Gasteiger partial charge in [-0.05, 0) is 26.0 Å². The molecule has 0 saturated heterocycles. The van der Waals surface area contributed by atoms with Crippen molar-refractivity contribution in [2.24, 2.45) is 10.9 Å². The molecule has 2 heterocycles. The molecule has 0 amide bonds. The molecular formula is C19H23N5O. The highest BCUT2D eigenvalue weighted by molar-refractivity contribution is 5.99. The molecule has 6 heteroatoms. The van der Waals surface area contributed by atoms with Gasteiger partial charge in [0.05, 0.1) is 17.6 Å². The second-order valence-electron chi connectivity index (χ2n) is 4.80. The number of oxime groups is 1. The maximum absolute atomic E-state index is 8.80. The Morgan fingerprint density at radius 3 is 2.80 bits per heavy atom. The summed E-state index contributed by atoms with van der Waals surface area (Å²) in [7, 11) is 0. The summed E-state index contributed by atoms with van der Waals surface area (Å²) in [5.41, 5.74) is 9.14. The zero-order chi connectivity index (χ0) is 18.7. The van der Waals surface area contributed by atoms with Crippen LogP contribution in [0.5, 0.6) is 0 Å². The minimum Gasteiger partial charge on any atom is -0.409 e. The molecule has 4 N–H and O–H groups in total. The quantitative estimate of drug-likeness (QED) is 0.189. The van der Waals surface area contributed by atoms with Crippen LogP contribution in [0.4, 0.5) is 0 Å². The summed E-state index contributed by atoms with van der Waals surface area (Å²) in [5, 5.41) is 15.2. The molecule has 0 aliphatic heterocycles. The second kappa shape index (κ2) is 10.3. The van der Waals surface area contributed by atoms with Gasteiger partial charge in [-0.25, -0.2) is 4.98 Å². The number of nitrogens with two attached hydrogens (primary N) is 1. The highest BCUT2D eigenvalue weighted by atomic mass is 16.4. The van der Waals surface area contributed by atoms with E-state index in [1.807, 2.05) is 67.1 Å². The molecule has 130 valence electrons. The van der Waals surface area contributed by atoms with Gasteiger partial charge in [-0.1, -0.05) is 35.5 Å². The van der Waals surface area contributed by atoms with Crippen molar-refractivity contribution in [3.05, 3.63) is 66.2 Å². The van der Waals surface area contributed by atoms with Crippen LogP contribution in [-0.2, 0) is 0 Å². The number of aromatic nitrogens is 2. The lowest BCUT2D eigenvalue weighted by Crippen LogP contribution is -2.18. The van der Waals surface area contributed by atoms with E-state index < -0.39 is 0 Å². The second-order valence-corrected chi connectivity index (χ2v) is 4.80.